The van der Waals surface area contributed by atoms with Crippen LogP contribution in [0.5, 0.6) is 0 Å². The molecule has 2 heterocycles. The van der Waals surface area contributed by atoms with E-state index in [1.807, 2.05) is 0 Å². The molecule has 2 aliphatic heterocycles. The fourth-order valence-corrected chi connectivity index (χ4v) is 2.32. The summed E-state index contributed by atoms with van der Waals surface area (Å²) in [5.41, 5.74) is 0. The maximum Gasteiger partial charge on any atom is 0.0712 e. The molecule has 0 radical (unpaired) electrons. The number of hydrogen-bond donors (Lipinski definition) is 2. The highest BCUT2D eigenvalue weighted by molar-refractivity contribution is 4.70. The number of nitrogens with one attached hydrogen (secondary N) is 2. The molecule has 0 amide bonds. The van der Waals surface area contributed by atoms with Crippen LogP contribution >= 0.6 is 0 Å². The second kappa shape index (κ2) is 7.22. The predicted octanol–water partition coefficient (Wildman–Crippen LogP) is 0.381. The molecule has 0 bridgehead atoms. The minimum Gasteiger partial charge on any atom is -0.381 e. The fraction of sp³-hybridized carbons (Fsp3) is 1.00. The van der Waals surface area contributed by atoms with Crippen molar-refractivity contribution < 1.29 is 9.47 Å². The zero-order valence-corrected chi connectivity index (χ0v) is 10.0. The van der Waals surface area contributed by atoms with Gasteiger partial charge in [-0.1, -0.05) is 0 Å². The molecule has 94 valence electrons. The average molecular weight is 228 g/mol. The SMILES string of the molecule is C(CC1CNCCO1)NCC1CCOCC1. The monoisotopic (exact) mass is 228 g/mol. The van der Waals surface area contributed by atoms with E-state index >= 15 is 0 Å². The molecule has 0 aromatic carbocycles. The van der Waals surface area contributed by atoms with Crippen molar-refractivity contribution in [3.63, 3.8) is 0 Å². The molecule has 16 heavy (non-hydrogen) atoms. The Morgan fingerprint density at radius 3 is 2.81 bits per heavy atom. The summed E-state index contributed by atoms with van der Waals surface area (Å²) in [5, 5.41) is 6.89. The molecule has 0 saturated carbocycles. The first-order valence-electron chi connectivity index (χ1n) is 6.56. The minimum atomic E-state index is 0.413. The van der Waals surface area contributed by atoms with Gasteiger partial charge >= 0.3 is 0 Å². The average Bonchev–Trinajstić information content (AvgIpc) is 2.37. The molecule has 2 fully saturated rings. The highest BCUT2D eigenvalue weighted by atomic mass is 16.5. The maximum absolute atomic E-state index is 5.65. The quantitative estimate of drug-likeness (QED) is 0.668. The van der Waals surface area contributed by atoms with Crippen molar-refractivity contribution in [3.05, 3.63) is 0 Å². The normalized spacial score (nSPS) is 28.1. The van der Waals surface area contributed by atoms with Gasteiger partial charge in [0, 0.05) is 26.3 Å². The predicted molar refractivity (Wildman–Crippen MR) is 63.6 cm³/mol. The summed E-state index contributed by atoms with van der Waals surface area (Å²) in [5.74, 6) is 0.819. The molecule has 2 saturated heterocycles. The van der Waals surface area contributed by atoms with Crippen molar-refractivity contribution in [1.29, 1.82) is 0 Å². The van der Waals surface area contributed by atoms with Crippen molar-refractivity contribution in [2.24, 2.45) is 5.92 Å². The molecule has 1 unspecified atom stereocenters. The molecule has 2 rings (SSSR count). The Labute approximate surface area is 98.1 Å². The second-order valence-electron chi connectivity index (χ2n) is 4.75. The van der Waals surface area contributed by atoms with Gasteiger partial charge in [0.15, 0.2) is 0 Å². The number of ether oxygens (including phenoxy) is 2. The van der Waals surface area contributed by atoms with Gasteiger partial charge < -0.3 is 20.1 Å². The Hall–Kier alpha value is -0.160. The molecular formula is C12H24N2O2. The van der Waals surface area contributed by atoms with Gasteiger partial charge in [-0.3, -0.25) is 0 Å². The van der Waals surface area contributed by atoms with Crippen molar-refractivity contribution in [1.82, 2.24) is 10.6 Å². The van der Waals surface area contributed by atoms with Crippen LogP contribution in [0.25, 0.3) is 0 Å². The van der Waals surface area contributed by atoms with E-state index in [9.17, 15) is 0 Å². The van der Waals surface area contributed by atoms with E-state index in [1.54, 1.807) is 0 Å². The van der Waals surface area contributed by atoms with Crippen LogP contribution in [0, 0.1) is 5.92 Å². The molecular weight excluding hydrogens is 204 g/mol. The van der Waals surface area contributed by atoms with Crippen LogP contribution in [0.1, 0.15) is 19.3 Å². The van der Waals surface area contributed by atoms with Crippen LogP contribution in [-0.4, -0.2) is 52.1 Å². The van der Waals surface area contributed by atoms with Crippen LogP contribution < -0.4 is 10.6 Å². The van der Waals surface area contributed by atoms with Gasteiger partial charge in [0.2, 0.25) is 0 Å². The van der Waals surface area contributed by atoms with Gasteiger partial charge in [-0.05, 0) is 38.3 Å². The van der Waals surface area contributed by atoms with Crippen LogP contribution in [0.3, 0.4) is 0 Å². The summed E-state index contributed by atoms with van der Waals surface area (Å²) in [4.78, 5) is 0. The first kappa shape index (κ1) is 12.3. The zero-order valence-electron chi connectivity index (χ0n) is 10.0. The van der Waals surface area contributed by atoms with E-state index in [4.69, 9.17) is 9.47 Å². The number of rotatable bonds is 5. The highest BCUT2D eigenvalue weighted by Gasteiger charge is 2.15. The van der Waals surface area contributed by atoms with Gasteiger partial charge in [-0.15, -0.1) is 0 Å². The van der Waals surface area contributed by atoms with Crippen molar-refractivity contribution in [2.45, 2.75) is 25.4 Å². The first-order chi connectivity index (χ1) is 7.95. The lowest BCUT2D eigenvalue weighted by Crippen LogP contribution is -2.40. The molecule has 1 atom stereocenters. The fourth-order valence-electron chi connectivity index (χ4n) is 2.32. The molecule has 4 nitrogen and oxygen atoms in total. The molecule has 0 spiro atoms. The first-order valence-corrected chi connectivity index (χ1v) is 6.56. The molecule has 0 aromatic heterocycles. The van der Waals surface area contributed by atoms with Crippen molar-refractivity contribution in [2.75, 3.05) is 46.0 Å². The lowest BCUT2D eigenvalue weighted by atomic mass is 10.0. The van der Waals surface area contributed by atoms with Gasteiger partial charge in [-0.2, -0.15) is 0 Å². The van der Waals surface area contributed by atoms with Crippen LogP contribution in [0.15, 0.2) is 0 Å². The zero-order chi connectivity index (χ0) is 11.1. The third-order valence-corrected chi connectivity index (χ3v) is 3.42. The molecule has 2 aliphatic rings. The number of hydrogen-bond acceptors (Lipinski definition) is 4. The third kappa shape index (κ3) is 4.37. The summed E-state index contributed by atoms with van der Waals surface area (Å²) >= 11 is 0. The molecule has 0 aromatic rings. The maximum atomic E-state index is 5.65. The standard InChI is InChI=1S/C12H24N2O2/c1(12-10-14-5-8-16-12)4-13-9-11-2-6-15-7-3-11/h11-14H,1-10H2. The van der Waals surface area contributed by atoms with Gasteiger partial charge in [0.25, 0.3) is 0 Å². The smallest absolute Gasteiger partial charge is 0.0712 e. The minimum absolute atomic E-state index is 0.413. The summed E-state index contributed by atoms with van der Waals surface area (Å²) in [6.07, 6.45) is 3.97. The summed E-state index contributed by atoms with van der Waals surface area (Å²) in [6, 6.07) is 0. The van der Waals surface area contributed by atoms with E-state index in [1.165, 1.54) is 12.8 Å². The van der Waals surface area contributed by atoms with E-state index in [-0.39, 0.29) is 0 Å². The van der Waals surface area contributed by atoms with Crippen LogP contribution in [-0.2, 0) is 9.47 Å². The van der Waals surface area contributed by atoms with Crippen LogP contribution in [0.4, 0.5) is 0 Å². The van der Waals surface area contributed by atoms with Gasteiger partial charge in [0.05, 0.1) is 12.7 Å². The second-order valence-corrected chi connectivity index (χ2v) is 4.75. The van der Waals surface area contributed by atoms with E-state index in [0.29, 0.717) is 6.10 Å². The number of morpholine rings is 1. The Kier molecular flexibility index (Phi) is 5.55. The summed E-state index contributed by atoms with van der Waals surface area (Å²) < 4.78 is 11.0. The Morgan fingerprint density at radius 2 is 2.06 bits per heavy atom. The largest absolute Gasteiger partial charge is 0.381 e. The highest BCUT2D eigenvalue weighted by Crippen LogP contribution is 2.13. The molecule has 0 aliphatic carbocycles. The third-order valence-electron chi connectivity index (χ3n) is 3.42. The lowest BCUT2D eigenvalue weighted by Gasteiger charge is -2.25. The summed E-state index contributed by atoms with van der Waals surface area (Å²) in [7, 11) is 0. The Morgan fingerprint density at radius 1 is 1.19 bits per heavy atom. The van der Waals surface area contributed by atoms with Crippen LogP contribution in [0.2, 0.25) is 0 Å². The van der Waals surface area contributed by atoms with Crippen molar-refractivity contribution >= 4 is 0 Å². The summed E-state index contributed by atoms with van der Waals surface area (Å²) in [6.45, 7) is 6.99. The van der Waals surface area contributed by atoms with Gasteiger partial charge in [0.1, 0.15) is 0 Å². The lowest BCUT2D eigenvalue weighted by molar-refractivity contribution is 0.0231. The van der Waals surface area contributed by atoms with E-state index in [0.717, 1.165) is 58.3 Å². The topological polar surface area (TPSA) is 42.5 Å². The van der Waals surface area contributed by atoms with E-state index in [2.05, 4.69) is 10.6 Å². The Bertz CT molecular complexity index is 158. The van der Waals surface area contributed by atoms with Gasteiger partial charge in [-0.25, -0.2) is 0 Å². The Balaban J connectivity index is 1.47. The van der Waals surface area contributed by atoms with E-state index < -0.39 is 0 Å². The van der Waals surface area contributed by atoms with Crippen molar-refractivity contribution in [3.8, 4) is 0 Å². The molecule has 4 heteroatoms. The molecule has 2 N–H and O–H groups in total.